The van der Waals surface area contributed by atoms with E-state index in [9.17, 15) is 36.3 Å². The average molecular weight is 833 g/mol. The van der Waals surface area contributed by atoms with Gasteiger partial charge in [0, 0.05) is 60.8 Å². The molecular formula is C32H36N10O11S3. The van der Waals surface area contributed by atoms with Crippen LogP contribution in [0.3, 0.4) is 0 Å². The van der Waals surface area contributed by atoms with Gasteiger partial charge in [-0.2, -0.15) is 9.82 Å². The van der Waals surface area contributed by atoms with E-state index < -0.39 is 56.5 Å². The average Bonchev–Trinajstić information content (AvgIpc) is 3.87. The first-order valence-corrected chi connectivity index (χ1v) is 20.2. The van der Waals surface area contributed by atoms with Gasteiger partial charge in [-0.15, -0.1) is 9.16 Å². The van der Waals surface area contributed by atoms with E-state index in [0.29, 0.717) is 47.6 Å². The lowest BCUT2D eigenvalue weighted by Gasteiger charge is -2.16. The summed E-state index contributed by atoms with van der Waals surface area (Å²) < 4.78 is 59.6. The number of anilines is 1. The lowest BCUT2D eigenvalue weighted by atomic mass is 10.1. The summed E-state index contributed by atoms with van der Waals surface area (Å²) in [6.07, 6.45) is 5.73. The standard InChI is InChI=1S/C32H36N10O11S3/c33-26(19-54-53-52-47)30(44)39-41-56(50,51)25-9-4-21(5-10-25)20-2-7-24(8-3-20)55(48,49)40-27(31(45)46)18-37-29(43)22-6-11-28-23(16-22)17-38-42(28)15-1-12-34-32-35-13-14-36-32/h2-11,13-14,16-17,26-27,40-41,47H,1,12,15,18-19,33H2,(H,37,43)(H,39,44)(H,45,46)(H2,34,35,36). The highest BCUT2D eigenvalue weighted by Gasteiger charge is 2.26. The Hall–Kier alpha value is -5.44. The Bertz CT molecular complexity index is 2340. The number of aromatic nitrogens is 4. The van der Waals surface area contributed by atoms with Crippen LogP contribution in [0.15, 0.2) is 95.1 Å². The monoisotopic (exact) mass is 832 g/mol. The van der Waals surface area contributed by atoms with Crippen molar-refractivity contribution in [2.45, 2.75) is 34.8 Å². The van der Waals surface area contributed by atoms with Gasteiger partial charge in [-0.1, -0.05) is 29.3 Å². The van der Waals surface area contributed by atoms with E-state index in [1.165, 1.54) is 48.5 Å². The van der Waals surface area contributed by atoms with E-state index in [0.717, 1.165) is 11.9 Å². The number of carboxylic acids is 1. The van der Waals surface area contributed by atoms with E-state index in [4.69, 9.17) is 11.0 Å². The van der Waals surface area contributed by atoms with E-state index in [1.54, 1.807) is 41.5 Å². The van der Waals surface area contributed by atoms with Crippen molar-refractivity contribution >= 4 is 66.7 Å². The second-order valence-corrected chi connectivity index (χ2v) is 15.9. The van der Waals surface area contributed by atoms with Crippen LogP contribution in [0.25, 0.3) is 22.0 Å². The highest BCUT2D eigenvalue weighted by molar-refractivity contribution is 7.94. The number of nitrogens with zero attached hydrogens (tertiary/aromatic N) is 3. The van der Waals surface area contributed by atoms with E-state index >= 15 is 0 Å². The molecule has 0 aliphatic carbocycles. The number of hydrazine groups is 1. The first kappa shape index (κ1) is 41.7. The number of carboxylic acid groups (broad SMARTS) is 1. The third kappa shape index (κ3) is 11.1. The molecule has 0 aliphatic rings. The van der Waals surface area contributed by atoms with Gasteiger partial charge in [-0.3, -0.25) is 24.5 Å². The minimum Gasteiger partial charge on any atom is -0.480 e. The lowest BCUT2D eigenvalue weighted by Crippen LogP contribution is -2.50. The number of imidazole rings is 1. The minimum atomic E-state index is -4.38. The van der Waals surface area contributed by atoms with Crippen LogP contribution >= 0.6 is 12.0 Å². The summed E-state index contributed by atoms with van der Waals surface area (Å²) in [4.78, 5) is 45.5. The molecule has 0 saturated heterocycles. The van der Waals surface area contributed by atoms with Crippen LogP contribution in [0.2, 0.25) is 0 Å². The molecule has 0 aliphatic heterocycles. The Morgan fingerprint density at radius 3 is 2.27 bits per heavy atom. The number of rotatable bonds is 21. The Morgan fingerprint density at radius 2 is 1.64 bits per heavy atom. The molecular weight excluding hydrogens is 797 g/mol. The third-order valence-corrected chi connectivity index (χ3v) is 11.3. The molecule has 0 saturated carbocycles. The Morgan fingerprint density at radius 1 is 0.964 bits per heavy atom. The van der Waals surface area contributed by atoms with Crippen LogP contribution in [0.1, 0.15) is 16.8 Å². The number of aliphatic carboxylic acids is 1. The zero-order valence-electron chi connectivity index (χ0n) is 29.0. The smallest absolute Gasteiger partial charge is 0.323 e. The van der Waals surface area contributed by atoms with Gasteiger partial charge < -0.3 is 26.5 Å². The van der Waals surface area contributed by atoms with Crippen LogP contribution < -0.4 is 31.3 Å². The van der Waals surface area contributed by atoms with Crippen LogP contribution in [0.5, 0.6) is 0 Å². The zero-order valence-corrected chi connectivity index (χ0v) is 31.4. The van der Waals surface area contributed by atoms with Gasteiger partial charge in [-0.25, -0.2) is 27.1 Å². The Labute approximate surface area is 323 Å². The van der Waals surface area contributed by atoms with E-state index in [2.05, 4.69) is 39.8 Å². The van der Waals surface area contributed by atoms with Crippen LogP contribution in [-0.2, 0) is 45.6 Å². The van der Waals surface area contributed by atoms with Crippen LogP contribution in [-0.4, -0.2) is 95.7 Å². The highest BCUT2D eigenvalue weighted by Crippen LogP contribution is 2.23. The second-order valence-electron chi connectivity index (χ2n) is 11.8. The van der Waals surface area contributed by atoms with E-state index in [1.807, 2.05) is 10.3 Å². The van der Waals surface area contributed by atoms with Crippen LogP contribution in [0, 0.1) is 0 Å². The molecule has 21 nitrogen and oxygen atoms in total. The van der Waals surface area contributed by atoms with Crippen molar-refractivity contribution in [3.63, 3.8) is 0 Å². The van der Waals surface area contributed by atoms with Gasteiger partial charge in [0.15, 0.2) is 5.95 Å². The lowest BCUT2D eigenvalue weighted by molar-refractivity contribution is -0.432. The molecule has 3 aromatic carbocycles. The van der Waals surface area contributed by atoms with Gasteiger partial charge in [0.1, 0.15) is 6.04 Å². The van der Waals surface area contributed by atoms with Gasteiger partial charge in [-0.05, 0) is 60.0 Å². The fourth-order valence-electron chi connectivity index (χ4n) is 5.06. The first-order chi connectivity index (χ1) is 26.8. The number of H-pyrrole nitrogens is 1. The number of benzene rings is 3. The number of fused-ring (bicyclic) bond motifs is 1. The fraction of sp³-hybridized carbons (Fsp3) is 0.219. The fourth-order valence-corrected chi connectivity index (χ4v) is 7.49. The molecule has 5 rings (SSSR count). The van der Waals surface area contributed by atoms with Crippen molar-refractivity contribution < 1.29 is 51.0 Å². The molecule has 56 heavy (non-hydrogen) atoms. The van der Waals surface area contributed by atoms with Gasteiger partial charge in [0.05, 0.1) is 27.5 Å². The number of sulfonamides is 2. The maximum atomic E-state index is 13.1. The molecule has 2 aromatic heterocycles. The number of nitrogens with one attached hydrogen (secondary N) is 6. The topological polar surface area (TPSA) is 311 Å². The molecule has 5 aromatic rings. The Kier molecular flexibility index (Phi) is 14.1. The number of aromatic amines is 1. The second kappa shape index (κ2) is 18.9. The van der Waals surface area contributed by atoms with Crippen molar-refractivity contribution in [1.82, 2.24) is 40.0 Å². The summed E-state index contributed by atoms with van der Waals surface area (Å²) in [6, 6.07) is 12.7. The highest BCUT2D eigenvalue weighted by atomic mass is 32.2. The summed E-state index contributed by atoms with van der Waals surface area (Å²) in [7, 11) is -8.59. The minimum absolute atomic E-state index is 0.168. The number of carbonyl (C=O) groups excluding carboxylic acids is 2. The van der Waals surface area contributed by atoms with Crippen LogP contribution in [0.4, 0.5) is 5.95 Å². The maximum absolute atomic E-state index is 13.1. The summed E-state index contributed by atoms with van der Waals surface area (Å²) in [5.74, 6) is -2.52. The predicted molar refractivity (Wildman–Crippen MR) is 201 cm³/mol. The molecule has 2 atom stereocenters. The van der Waals surface area contributed by atoms with Crippen molar-refractivity contribution in [1.29, 1.82) is 0 Å². The quantitative estimate of drug-likeness (QED) is 0.0214. The van der Waals surface area contributed by atoms with Gasteiger partial charge >= 0.3 is 5.97 Å². The normalized spacial score (nSPS) is 12.9. The van der Waals surface area contributed by atoms with Crippen molar-refractivity contribution in [3.8, 4) is 11.1 Å². The number of aryl methyl sites for hydroxylation is 1. The molecule has 2 heterocycles. The number of nitrogens with two attached hydrogens (primary N) is 1. The maximum Gasteiger partial charge on any atom is 0.323 e. The predicted octanol–water partition coefficient (Wildman–Crippen LogP) is 0.796. The number of amides is 2. The van der Waals surface area contributed by atoms with Crippen molar-refractivity contribution in [2.75, 3.05) is 24.2 Å². The largest absolute Gasteiger partial charge is 0.480 e. The zero-order chi connectivity index (χ0) is 40.3. The molecule has 0 spiro atoms. The molecule has 0 radical (unpaired) electrons. The molecule has 2 amide bonds. The van der Waals surface area contributed by atoms with E-state index in [-0.39, 0.29) is 21.1 Å². The summed E-state index contributed by atoms with van der Waals surface area (Å²) in [6.45, 7) is 0.705. The summed E-state index contributed by atoms with van der Waals surface area (Å²) >= 11 is 0.515. The van der Waals surface area contributed by atoms with Gasteiger partial charge in [0.25, 0.3) is 21.8 Å². The molecule has 10 N–H and O–H groups in total. The number of carbonyl (C=O) groups is 3. The molecule has 0 fully saturated rings. The SMILES string of the molecule is NC(CSOOO)C(=O)NNS(=O)(=O)c1ccc(-c2ccc(S(=O)(=O)NC(CNC(=O)c3ccc4c(cnn4CCCNc4ncc[nH]4)c3)C(=O)O)cc2)cc1. The first-order valence-electron chi connectivity index (χ1n) is 16.4. The molecule has 0 bridgehead atoms. The van der Waals surface area contributed by atoms with Crippen molar-refractivity contribution in [2.24, 2.45) is 5.73 Å². The third-order valence-electron chi connectivity index (χ3n) is 7.94. The van der Waals surface area contributed by atoms with Crippen molar-refractivity contribution in [3.05, 3.63) is 90.9 Å². The molecule has 2 unspecified atom stereocenters. The number of hydrogen-bond donors (Lipinski definition) is 9. The summed E-state index contributed by atoms with van der Waals surface area (Å²) in [5, 5.41) is 32.0. The molecule has 298 valence electrons. The molecule has 24 heteroatoms. The number of hydrogen-bond acceptors (Lipinski definition) is 15. The Balaban J connectivity index is 1.13. The summed E-state index contributed by atoms with van der Waals surface area (Å²) in [5.41, 5.74) is 9.59. The van der Waals surface area contributed by atoms with Gasteiger partial charge in [0.2, 0.25) is 10.0 Å².